The second-order valence-electron chi connectivity index (χ2n) is 8.50. The largest absolute Gasteiger partial charge is 0.481 e. The topological polar surface area (TPSA) is 37.3 Å². The summed E-state index contributed by atoms with van der Waals surface area (Å²) in [5.74, 6) is -0.312. The van der Waals surface area contributed by atoms with Gasteiger partial charge in [-0.05, 0) is 5.92 Å². The van der Waals surface area contributed by atoms with E-state index in [0.717, 1.165) is 6.42 Å². The second kappa shape index (κ2) is 20.8. The van der Waals surface area contributed by atoms with Gasteiger partial charge in [-0.15, -0.1) is 0 Å². The lowest BCUT2D eigenvalue weighted by molar-refractivity contribution is -0.138. The Morgan fingerprint density at radius 2 is 0.923 bits per heavy atom. The van der Waals surface area contributed by atoms with Gasteiger partial charge in [-0.2, -0.15) is 0 Å². The average Bonchev–Trinajstić information content (AvgIpc) is 2.60. The Labute approximate surface area is 164 Å². The van der Waals surface area contributed by atoms with Crippen LogP contribution in [0, 0.1) is 5.92 Å². The average molecular weight is 369 g/mol. The third-order valence-corrected chi connectivity index (χ3v) is 5.57. The van der Waals surface area contributed by atoms with Gasteiger partial charge >= 0.3 is 5.97 Å². The van der Waals surface area contributed by atoms with E-state index in [4.69, 9.17) is 5.11 Å². The van der Waals surface area contributed by atoms with E-state index in [2.05, 4.69) is 13.8 Å². The number of hydrogen-bond donors (Lipinski definition) is 1. The molecule has 0 spiro atoms. The standard InChI is InChI=1S/C24H48O2/c1-3-4-5-6-7-8-9-10-11-12-13-14-15-16-17-18-19-20-21-23(2)22-24(25)26/h23H,3-22H2,1-2H3,(H,25,26). The summed E-state index contributed by atoms with van der Waals surface area (Å²) in [5.41, 5.74) is 0. The van der Waals surface area contributed by atoms with E-state index in [1.54, 1.807) is 0 Å². The Balaban J connectivity index is 3.06. The van der Waals surface area contributed by atoms with Crippen molar-refractivity contribution in [3.63, 3.8) is 0 Å². The van der Waals surface area contributed by atoms with Crippen LogP contribution in [0.4, 0.5) is 0 Å². The van der Waals surface area contributed by atoms with Crippen LogP contribution in [0.1, 0.15) is 142 Å². The molecule has 0 aromatic heterocycles. The van der Waals surface area contributed by atoms with Crippen molar-refractivity contribution in [2.45, 2.75) is 142 Å². The van der Waals surface area contributed by atoms with Crippen LogP contribution < -0.4 is 0 Å². The van der Waals surface area contributed by atoms with Crippen molar-refractivity contribution in [1.29, 1.82) is 0 Å². The molecule has 0 aliphatic rings. The van der Waals surface area contributed by atoms with Crippen molar-refractivity contribution >= 4 is 5.97 Å². The van der Waals surface area contributed by atoms with Gasteiger partial charge in [0.25, 0.3) is 0 Å². The Kier molecular flexibility index (Phi) is 20.4. The first-order valence-corrected chi connectivity index (χ1v) is 11.9. The molecule has 0 radical (unpaired) electrons. The van der Waals surface area contributed by atoms with E-state index in [1.807, 2.05) is 0 Å². The zero-order valence-electron chi connectivity index (χ0n) is 18.1. The van der Waals surface area contributed by atoms with Gasteiger partial charge in [-0.1, -0.05) is 136 Å². The molecule has 0 heterocycles. The maximum absolute atomic E-state index is 10.6. The molecule has 0 rings (SSSR count). The summed E-state index contributed by atoms with van der Waals surface area (Å²) < 4.78 is 0. The van der Waals surface area contributed by atoms with E-state index >= 15 is 0 Å². The van der Waals surface area contributed by atoms with Gasteiger partial charge in [0.05, 0.1) is 0 Å². The quantitative estimate of drug-likeness (QED) is 0.206. The zero-order valence-corrected chi connectivity index (χ0v) is 18.1. The number of hydrogen-bond acceptors (Lipinski definition) is 1. The summed E-state index contributed by atoms with van der Waals surface area (Å²) in [4.78, 5) is 10.6. The Morgan fingerprint density at radius 1 is 0.615 bits per heavy atom. The van der Waals surface area contributed by atoms with Crippen molar-refractivity contribution < 1.29 is 9.90 Å². The lowest BCUT2D eigenvalue weighted by Crippen LogP contribution is -2.03. The van der Waals surface area contributed by atoms with Crippen LogP contribution >= 0.6 is 0 Å². The normalized spacial score (nSPS) is 12.4. The second-order valence-corrected chi connectivity index (χ2v) is 8.50. The van der Waals surface area contributed by atoms with Crippen LogP contribution in [0.3, 0.4) is 0 Å². The molecular weight excluding hydrogens is 320 g/mol. The first kappa shape index (κ1) is 25.5. The Bertz CT molecular complexity index is 288. The molecule has 1 unspecified atom stereocenters. The van der Waals surface area contributed by atoms with Crippen LogP contribution in [0.5, 0.6) is 0 Å². The molecule has 0 saturated heterocycles. The van der Waals surface area contributed by atoms with E-state index in [-0.39, 0.29) is 0 Å². The maximum Gasteiger partial charge on any atom is 0.303 e. The zero-order chi connectivity index (χ0) is 19.3. The van der Waals surface area contributed by atoms with Gasteiger partial charge in [-0.25, -0.2) is 0 Å². The lowest BCUT2D eigenvalue weighted by Gasteiger charge is -2.08. The van der Waals surface area contributed by atoms with Crippen LogP contribution in [-0.2, 0) is 4.79 Å². The molecule has 1 atom stereocenters. The summed E-state index contributed by atoms with van der Waals surface area (Å²) in [6.07, 6.45) is 26.6. The number of rotatable bonds is 21. The fourth-order valence-electron chi connectivity index (χ4n) is 3.79. The minimum atomic E-state index is -0.653. The summed E-state index contributed by atoms with van der Waals surface area (Å²) in [6.45, 7) is 4.34. The van der Waals surface area contributed by atoms with Crippen molar-refractivity contribution in [3.05, 3.63) is 0 Å². The molecule has 0 saturated carbocycles. The van der Waals surface area contributed by atoms with Gasteiger partial charge in [0, 0.05) is 6.42 Å². The van der Waals surface area contributed by atoms with Crippen molar-refractivity contribution in [2.24, 2.45) is 5.92 Å². The monoisotopic (exact) mass is 368 g/mol. The van der Waals surface area contributed by atoms with Crippen LogP contribution in [-0.4, -0.2) is 11.1 Å². The fraction of sp³-hybridized carbons (Fsp3) is 0.958. The lowest BCUT2D eigenvalue weighted by atomic mass is 9.99. The van der Waals surface area contributed by atoms with Crippen LogP contribution in [0.2, 0.25) is 0 Å². The first-order chi connectivity index (χ1) is 12.7. The van der Waals surface area contributed by atoms with Gasteiger partial charge in [-0.3, -0.25) is 4.79 Å². The van der Waals surface area contributed by atoms with E-state index in [0.29, 0.717) is 12.3 Å². The third kappa shape index (κ3) is 21.5. The van der Waals surface area contributed by atoms with Crippen LogP contribution in [0.15, 0.2) is 0 Å². The summed E-state index contributed by atoms with van der Waals surface area (Å²) in [6, 6.07) is 0. The number of carboxylic acid groups (broad SMARTS) is 1. The predicted molar refractivity (Wildman–Crippen MR) is 115 cm³/mol. The minimum absolute atomic E-state index is 0.332. The summed E-state index contributed by atoms with van der Waals surface area (Å²) >= 11 is 0. The van der Waals surface area contributed by atoms with E-state index in [9.17, 15) is 4.79 Å². The van der Waals surface area contributed by atoms with Crippen molar-refractivity contribution in [2.75, 3.05) is 0 Å². The molecule has 0 aromatic carbocycles. The highest BCUT2D eigenvalue weighted by Crippen LogP contribution is 2.16. The highest BCUT2D eigenvalue weighted by atomic mass is 16.4. The molecule has 0 fully saturated rings. The third-order valence-electron chi connectivity index (χ3n) is 5.57. The van der Waals surface area contributed by atoms with Gasteiger partial charge in [0.15, 0.2) is 0 Å². The molecule has 0 bridgehead atoms. The van der Waals surface area contributed by atoms with Gasteiger partial charge < -0.3 is 5.11 Å². The van der Waals surface area contributed by atoms with Crippen molar-refractivity contribution in [1.82, 2.24) is 0 Å². The number of aliphatic carboxylic acids is 1. The minimum Gasteiger partial charge on any atom is -0.481 e. The van der Waals surface area contributed by atoms with E-state index in [1.165, 1.54) is 116 Å². The maximum atomic E-state index is 10.6. The highest BCUT2D eigenvalue weighted by Gasteiger charge is 2.06. The highest BCUT2D eigenvalue weighted by molar-refractivity contribution is 5.66. The smallest absolute Gasteiger partial charge is 0.303 e. The summed E-state index contributed by atoms with van der Waals surface area (Å²) in [7, 11) is 0. The van der Waals surface area contributed by atoms with E-state index < -0.39 is 5.97 Å². The van der Waals surface area contributed by atoms with Crippen molar-refractivity contribution in [3.8, 4) is 0 Å². The molecule has 0 aliphatic carbocycles. The molecule has 0 aliphatic heterocycles. The molecule has 2 heteroatoms. The molecule has 156 valence electrons. The molecule has 2 nitrogen and oxygen atoms in total. The molecule has 26 heavy (non-hydrogen) atoms. The molecule has 0 aromatic rings. The SMILES string of the molecule is CCCCCCCCCCCCCCCCCCCCC(C)CC(=O)O. The molecule has 1 N–H and O–H groups in total. The van der Waals surface area contributed by atoms with Crippen LogP contribution in [0.25, 0.3) is 0 Å². The summed E-state index contributed by atoms with van der Waals surface area (Å²) in [5, 5.41) is 8.74. The first-order valence-electron chi connectivity index (χ1n) is 11.9. The number of carboxylic acids is 1. The number of carbonyl (C=O) groups is 1. The molecular formula is C24H48O2. The fourth-order valence-corrected chi connectivity index (χ4v) is 3.79. The van der Waals surface area contributed by atoms with Gasteiger partial charge in [0.1, 0.15) is 0 Å². The molecule has 0 amide bonds. The Morgan fingerprint density at radius 3 is 1.23 bits per heavy atom. The predicted octanol–water partition coefficient (Wildman–Crippen LogP) is 8.53. The number of unbranched alkanes of at least 4 members (excludes halogenated alkanes) is 17. The Hall–Kier alpha value is -0.530. The van der Waals surface area contributed by atoms with Gasteiger partial charge in [0.2, 0.25) is 0 Å².